The summed E-state index contributed by atoms with van der Waals surface area (Å²) in [5, 5.41) is 6.68. The molecule has 1 aliphatic heterocycles. The van der Waals surface area contributed by atoms with Gasteiger partial charge < -0.3 is 10.1 Å². The Hall–Kier alpha value is -2.28. The molecule has 0 aliphatic carbocycles. The molecule has 1 saturated heterocycles. The molecule has 6 nitrogen and oxygen atoms in total. The second kappa shape index (κ2) is 6.76. The molecule has 0 saturated carbocycles. The Bertz CT molecular complexity index is 557. The lowest BCUT2D eigenvalue weighted by Crippen LogP contribution is -2.34. The van der Waals surface area contributed by atoms with Gasteiger partial charge in [0.15, 0.2) is 5.50 Å². The zero-order chi connectivity index (χ0) is 14.4. The van der Waals surface area contributed by atoms with Crippen LogP contribution in [0.25, 0.3) is 0 Å². The Balaban J connectivity index is 1.90. The lowest BCUT2D eigenvalue weighted by molar-refractivity contribution is -0.135. The summed E-state index contributed by atoms with van der Waals surface area (Å²) in [6.07, 6.45) is 2.80. The van der Waals surface area contributed by atoms with Crippen molar-refractivity contribution in [3.63, 3.8) is 0 Å². The van der Waals surface area contributed by atoms with Crippen molar-refractivity contribution in [1.29, 1.82) is 0 Å². The van der Waals surface area contributed by atoms with Crippen molar-refractivity contribution < 1.29 is 14.3 Å². The van der Waals surface area contributed by atoms with Gasteiger partial charge >= 0.3 is 5.97 Å². The number of carbonyl (C=O) groups is 2. The van der Waals surface area contributed by atoms with E-state index in [4.69, 9.17) is 0 Å². The standard InChI is InChI=1S/C13H13N3O3S/c1-19-11(17)7-10-12(18)15-13(20-10)16-14-8-9-5-3-2-4-6-9/h2-8,13,16H,1H3,(H,15,18)/b10-7-,14-8+. The number of nitrogens with zero attached hydrogens (tertiary/aromatic N) is 1. The van der Waals surface area contributed by atoms with Gasteiger partial charge in [0.25, 0.3) is 5.91 Å². The average Bonchev–Trinajstić information content (AvgIpc) is 2.80. The number of hydrogen-bond donors (Lipinski definition) is 2. The molecule has 0 radical (unpaired) electrons. The molecule has 1 atom stereocenters. The average molecular weight is 291 g/mol. The first kappa shape index (κ1) is 14.1. The molecular weight excluding hydrogens is 278 g/mol. The number of amides is 1. The minimum Gasteiger partial charge on any atom is -0.466 e. The van der Waals surface area contributed by atoms with Gasteiger partial charge in [-0.3, -0.25) is 10.2 Å². The number of rotatable bonds is 4. The van der Waals surface area contributed by atoms with Gasteiger partial charge in [-0.25, -0.2) is 4.79 Å². The van der Waals surface area contributed by atoms with E-state index in [1.54, 1.807) is 6.21 Å². The summed E-state index contributed by atoms with van der Waals surface area (Å²) < 4.78 is 4.48. The number of benzene rings is 1. The number of esters is 1. The van der Waals surface area contributed by atoms with E-state index in [1.165, 1.54) is 18.9 Å². The lowest BCUT2D eigenvalue weighted by atomic mass is 10.2. The summed E-state index contributed by atoms with van der Waals surface area (Å²) in [6.45, 7) is 0. The quantitative estimate of drug-likeness (QED) is 0.371. The number of methoxy groups -OCH3 is 1. The summed E-state index contributed by atoms with van der Waals surface area (Å²) in [5.74, 6) is -0.885. The highest BCUT2D eigenvalue weighted by Gasteiger charge is 2.27. The molecule has 0 aromatic heterocycles. The maximum absolute atomic E-state index is 11.6. The molecule has 20 heavy (non-hydrogen) atoms. The summed E-state index contributed by atoms with van der Waals surface area (Å²) >= 11 is 1.17. The van der Waals surface area contributed by atoms with E-state index in [-0.39, 0.29) is 5.91 Å². The second-order valence-electron chi connectivity index (χ2n) is 3.80. The Labute approximate surface area is 120 Å². The van der Waals surface area contributed by atoms with Crippen LogP contribution in [0.2, 0.25) is 0 Å². The third kappa shape index (κ3) is 3.86. The number of hydrazone groups is 1. The monoisotopic (exact) mass is 291 g/mol. The van der Waals surface area contributed by atoms with Crippen LogP contribution in [0.5, 0.6) is 0 Å². The highest BCUT2D eigenvalue weighted by Crippen LogP contribution is 2.25. The Morgan fingerprint density at radius 2 is 2.20 bits per heavy atom. The smallest absolute Gasteiger partial charge is 0.331 e. The molecule has 2 N–H and O–H groups in total. The van der Waals surface area contributed by atoms with Crippen molar-refractivity contribution in [2.24, 2.45) is 5.10 Å². The van der Waals surface area contributed by atoms with Gasteiger partial charge in [0.05, 0.1) is 18.2 Å². The summed E-state index contributed by atoms with van der Waals surface area (Å²) in [6, 6.07) is 9.55. The SMILES string of the molecule is COC(=O)/C=C1\SC(N/N=C/c2ccccc2)NC1=O. The van der Waals surface area contributed by atoms with Crippen LogP contribution >= 0.6 is 11.8 Å². The van der Waals surface area contributed by atoms with Crippen molar-refractivity contribution >= 4 is 29.9 Å². The van der Waals surface area contributed by atoms with Crippen LogP contribution in [0, 0.1) is 0 Å². The molecule has 0 spiro atoms. The van der Waals surface area contributed by atoms with E-state index in [0.717, 1.165) is 11.6 Å². The fraction of sp³-hybridized carbons (Fsp3) is 0.154. The number of carbonyl (C=O) groups excluding carboxylic acids is 2. The van der Waals surface area contributed by atoms with Crippen LogP contribution in [0.15, 0.2) is 46.4 Å². The lowest BCUT2D eigenvalue weighted by Gasteiger charge is -2.06. The zero-order valence-electron chi connectivity index (χ0n) is 10.7. The molecule has 1 unspecified atom stereocenters. The van der Waals surface area contributed by atoms with E-state index in [0.29, 0.717) is 4.91 Å². The van der Waals surface area contributed by atoms with Crippen LogP contribution in [0.4, 0.5) is 0 Å². The van der Waals surface area contributed by atoms with Crippen LogP contribution in [0.3, 0.4) is 0 Å². The minimum atomic E-state index is -0.559. The number of nitrogens with one attached hydrogen (secondary N) is 2. The molecule has 1 fully saturated rings. The molecule has 2 rings (SSSR count). The van der Waals surface area contributed by atoms with Crippen LogP contribution < -0.4 is 10.7 Å². The molecule has 1 aliphatic rings. The molecule has 104 valence electrons. The molecule has 1 heterocycles. The maximum atomic E-state index is 11.6. The summed E-state index contributed by atoms with van der Waals surface area (Å²) in [7, 11) is 1.26. The van der Waals surface area contributed by atoms with Crippen LogP contribution in [-0.2, 0) is 14.3 Å². The highest BCUT2D eigenvalue weighted by molar-refractivity contribution is 8.05. The van der Waals surface area contributed by atoms with Crippen molar-refractivity contribution in [2.45, 2.75) is 5.50 Å². The van der Waals surface area contributed by atoms with Crippen molar-refractivity contribution in [1.82, 2.24) is 10.7 Å². The van der Waals surface area contributed by atoms with Gasteiger partial charge in [0, 0.05) is 6.08 Å². The molecular formula is C13H13N3O3S. The molecule has 1 aromatic rings. The van der Waals surface area contributed by atoms with Crippen molar-refractivity contribution in [3.8, 4) is 0 Å². The maximum Gasteiger partial charge on any atom is 0.331 e. The first-order chi connectivity index (χ1) is 9.69. The topological polar surface area (TPSA) is 79.8 Å². The number of thioether (sulfide) groups is 1. The Morgan fingerprint density at radius 3 is 2.90 bits per heavy atom. The zero-order valence-corrected chi connectivity index (χ0v) is 11.5. The van der Waals surface area contributed by atoms with Crippen molar-refractivity contribution in [3.05, 3.63) is 46.9 Å². The van der Waals surface area contributed by atoms with E-state index < -0.39 is 11.5 Å². The van der Waals surface area contributed by atoms with E-state index in [2.05, 4.69) is 20.6 Å². The third-order valence-electron chi connectivity index (χ3n) is 2.39. The molecule has 7 heteroatoms. The fourth-order valence-corrected chi connectivity index (χ4v) is 2.31. The second-order valence-corrected chi connectivity index (χ2v) is 4.95. The molecule has 1 aromatic carbocycles. The predicted octanol–water partition coefficient (Wildman–Crippen LogP) is 0.814. The van der Waals surface area contributed by atoms with Gasteiger partial charge in [-0.2, -0.15) is 5.10 Å². The largest absolute Gasteiger partial charge is 0.466 e. The van der Waals surface area contributed by atoms with Crippen molar-refractivity contribution in [2.75, 3.05) is 7.11 Å². The van der Waals surface area contributed by atoms with Crippen LogP contribution in [0.1, 0.15) is 5.56 Å². The highest BCUT2D eigenvalue weighted by atomic mass is 32.2. The summed E-state index contributed by atoms with van der Waals surface area (Å²) in [5.41, 5.74) is 3.33. The van der Waals surface area contributed by atoms with E-state index in [1.807, 2.05) is 30.3 Å². The third-order valence-corrected chi connectivity index (χ3v) is 3.40. The van der Waals surface area contributed by atoms with Gasteiger partial charge in [-0.15, -0.1) is 0 Å². The number of hydrogen-bond acceptors (Lipinski definition) is 6. The van der Waals surface area contributed by atoms with E-state index in [9.17, 15) is 9.59 Å². The number of ether oxygens (including phenoxy) is 1. The first-order valence-electron chi connectivity index (χ1n) is 5.80. The van der Waals surface area contributed by atoms with Gasteiger partial charge in [-0.1, -0.05) is 42.1 Å². The van der Waals surface area contributed by atoms with E-state index >= 15 is 0 Å². The van der Waals surface area contributed by atoms with Crippen LogP contribution in [-0.4, -0.2) is 30.7 Å². The fourth-order valence-electron chi connectivity index (χ4n) is 1.44. The minimum absolute atomic E-state index is 0.296. The predicted molar refractivity (Wildman–Crippen MR) is 76.8 cm³/mol. The first-order valence-corrected chi connectivity index (χ1v) is 6.68. The van der Waals surface area contributed by atoms with Gasteiger partial charge in [0.2, 0.25) is 0 Å². The summed E-state index contributed by atoms with van der Waals surface area (Å²) in [4.78, 5) is 22.9. The molecule has 0 bridgehead atoms. The molecule has 1 amide bonds. The van der Waals surface area contributed by atoms with Gasteiger partial charge in [0.1, 0.15) is 0 Å². The normalized spacial score (nSPS) is 20.1. The van der Waals surface area contributed by atoms with Gasteiger partial charge in [-0.05, 0) is 5.56 Å². The Morgan fingerprint density at radius 1 is 1.45 bits per heavy atom. The Kier molecular flexibility index (Phi) is 4.78.